The molecule has 0 aliphatic rings. The molecule has 0 aromatic carbocycles. The molecule has 16 heavy (non-hydrogen) atoms. The molecule has 0 radical (unpaired) electrons. The predicted molar refractivity (Wildman–Crippen MR) is 47.9 cm³/mol. The summed E-state index contributed by atoms with van der Waals surface area (Å²) in [5, 5.41) is 8.51. The summed E-state index contributed by atoms with van der Waals surface area (Å²) in [7, 11) is 0. The van der Waals surface area contributed by atoms with E-state index < -0.39 is 12.1 Å². The minimum Gasteiger partial charge on any atom is -0.405 e. The van der Waals surface area contributed by atoms with E-state index in [0.717, 1.165) is 6.07 Å². The highest BCUT2D eigenvalue weighted by Crippen LogP contribution is 2.29. The number of rotatable bonds is 2. The highest BCUT2D eigenvalue weighted by Gasteiger charge is 2.32. The number of ether oxygens (including phenoxy) is 1. The van der Waals surface area contributed by atoms with Gasteiger partial charge >= 0.3 is 6.36 Å². The standard InChI is InChI=1S/C8H7F3N4O/c9-8(10,11)16-6-1-4(2-12)15-7(14)5(6)3-13/h1H,3,13H2,(H2,14,15). The second kappa shape index (κ2) is 4.24. The number of halogens is 3. The molecule has 0 bridgehead atoms. The molecule has 0 aliphatic carbocycles. The zero-order valence-corrected chi connectivity index (χ0v) is 7.88. The largest absolute Gasteiger partial charge is 0.573 e. The number of alkyl halides is 3. The third kappa shape index (κ3) is 2.74. The van der Waals surface area contributed by atoms with Gasteiger partial charge in [-0.15, -0.1) is 13.2 Å². The maximum Gasteiger partial charge on any atom is 0.573 e. The maximum absolute atomic E-state index is 12.0. The van der Waals surface area contributed by atoms with Crippen LogP contribution in [0.3, 0.4) is 0 Å². The molecule has 8 heteroatoms. The van der Waals surface area contributed by atoms with Crippen LogP contribution in [0.4, 0.5) is 19.0 Å². The SMILES string of the molecule is N#Cc1cc(OC(F)(F)F)c(CN)c(N)n1. The van der Waals surface area contributed by atoms with Crippen LogP contribution in [0.25, 0.3) is 0 Å². The fraction of sp³-hybridized carbons (Fsp3) is 0.250. The van der Waals surface area contributed by atoms with E-state index >= 15 is 0 Å². The van der Waals surface area contributed by atoms with E-state index in [2.05, 4.69) is 9.72 Å². The number of nitrogens with zero attached hydrogens (tertiary/aromatic N) is 2. The number of aromatic nitrogens is 1. The zero-order valence-electron chi connectivity index (χ0n) is 7.88. The van der Waals surface area contributed by atoms with E-state index in [4.69, 9.17) is 16.7 Å². The summed E-state index contributed by atoms with van der Waals surface area (Å²) in [6.07, 6.45) is -4.87. The molecule has 0 fully saturated rings. The molecular weight excluding hydrogens is 225 g/mol. The molecule has 4 N–H and O–H groups in total. The van der Waals surface area contributed by atoms with E-state index in [1.807, 2.05) is 0 Å². The van der Waals surface area contributed by atoms with Crippen LogP contribution in [0.5, 0.6) is 5.75 Å². The first kappa shape index (κ1) is 12.1. The highest BCUT2D eigenvalue weighted by atomic mass is 19.4. The van der Waals surface area contributed by atoms with Gasteiger partial charge < -0.3 is 16.2 Å². The van der Waals surface area contributed by atoms with Crippen LogP contribution < -0.4 is 16.2 Å². The van der Waals surface area contributed by atoms with Crippen molar-refractivity contribution in [2.24, 2.45) is 5.73 Å². The Morgan fingerprint density at radius 2 is 2.12 bits per heavy atom. The molecule has 1 heterocycles. The monoisotopic (exact) mass is 232 g/mol. The number of nitrogen functional groups attached to an aromatic ring is 1. The van der Waals surface area contributed by atoms with Gasteiger partial charge in [0.25, 0.3) is 0 Å². The van der Waals surface area contributed by atoms with Gasteiger partial charge in [0.1, 0.15) is 23.3 Å². The van der Waals surface area contributed by atoms with Crippen molar-refractivity contribution in [1.82, 2.24) is 4.98 Å². The summed E-state index contributed by atoms with van der Waals surface area (Å²) in [4.78, 5) is 3.54. The van der Waals surface area contributed by atoms with Crippen molar-refractivity contribution in [3.63, 3.8) is 0 Å². The Labute approximate surface area is 88.4 Å². The number of anilines is 1. The van der Waals surface area contributed by atoms with Gasteiger partial charge in [-0.1, -0.05) is 0 Å². The van der Waals surface area contributed by atoms with Crippen molar-refractivity contribution in [2.45, 2.75) is 12.9 Å². The minimum atomic E-state index is -4.87. The lowest BCUT2D eigenvalue weighted by Gasteiger charge is -2.13. The summed E-state index contributed by atoms with van der Waals surface area (Å²) >= 11 is 0. The van der Waals surface area contributed by atoms with Crippen LogP contribution in [0.2, 0.25) is 0 Å². The quantitative estimate of drug-likeness (QED) is 0.789. The zero-order chi connectivity index (χ0) is 12.3. The summed E-state index contributed by atoms with van der Waals surface area (Å²) in [5.41, 5.74) is 10.2. The molecule has 0 atom stereocenters. The molecular formula is C8H7F3N4O. The number of hydrogen-bond donors (Lipinski definition) is 2. The van der Waals surface area contributed by atoms with Crippen molar-refractivity contribution >= 4 is 5.82 Å². The number of nitriles is 1. The van der Waals surface area contributed by atoms with Crippen molar-refractivity contribution in [3.8, 4) is 11.8 Å². The second-order valence-corrected chi connectivity index (χ2v) is 2.73. The van der Waals surface area contributed by atoms with Gasteiger partial charge in [-0.25, -0.2) is 4.98 Å². The van der Waals surface area contributed by atoms with E-state index in [0.29, 0.717) is 0 Å². The Hall–Kier alpha value is -2.01. The molecule has 1 rings (SSSR count). The van der Waals surface area contributed by atoms with Gasteiger partial charge in [-0.3, -0.25) is 0 Å². The summed E-state index contributed by atoms with van der Waals surface area (Å²) < 4.78 is 39.7. The van der Waals surface area contributed by atoms with Gasteiger partial charge in [0.05, 0.1) is 5.56 Å². The van der Waals surface area contributed by atoms with Crippen molar-refractivity contribution in [2.75, 3.05) is 5.73 Å². The van der Waals surface area contributed by atoms with Crippen LogP contribution in [-0.2, 0) is 6.54 Å². The third-order valence-corrected chi connectivity index (χ3v) is 1.66. The lowest BCUT2D eigenvalue weighted by atomic mass is 10.2. The normalized spacial score (nSPS) is 10.9. The van der Waals surface area contributed by atoms with E-state index in [9.17, 15) is 13.2 Å². The van der Waals surface area contributed by atoms with E-state index in [1.54, 1.807) is 6.07 Å². The molecule has 86 valence electrons. The first-order valence-electron chi connectivity index (χ1n) is 4.02. The fourth-order valence-corrected chi connectivity index (χ4v) is 1.05. The van der Waals surface area contributed by atoms with Crippen molar-refractivity contribution in [1.29, 1.82) is 5.26 Å². The first-order valence-corrected chi connectivity index (χ1v) is 4.02. The second-order valence-electron chi connectivity index (χ2n) is 2.73. The van der Waals surface area contributed by atoms with Crippen molar-refractivity contribution in [3.05, 3.63) is 17.3 Å². The highest BCUT2D eigenvalue weighted by molar-refractivity contribution is 5.52. The summed E-state index contributed by atoms with van der Waals surface area (Å²) in [6, 6.07) is 2.41. The Bertz CT molecular complexity index is 438. The van der Waals surface area contributed by atoms with Crippen LogP contribution in [0, 0.1) is 11.3 Å². The molecule has 0 amide bonds. The average molecular weight is 232 g/mol. The maximum atomic E-state index is 12.0. The Balaban J connectivity index is 3.24. The van der Waals surface area contributed by atoms with Crippen molar-refractivity contribution < 1.29 is 17.9 Å². The summed E-state index contributed by atoms with van der Waals surface area (Å²) in [5.74, 6) is -0.847. The molecule has 1 aromatic rings. The van der Waals surface area contributed by atoms with E-state index in [-0.39, 0.29) is 23.6 Å². The van der Waals surface area contributed by atoms with Crippen LogP contribution in [0.1, 0.15) is 11.3 Å². The van der Waals surface area contributed by atoms with Gasteiger partial charge in [-0.05, 0) is 0 Å². The number of hydrogen-bond acceptors (Lipinski definition) is 5. The lowest BCUT2D eigenvalue weighted by Crippen LogP contribution is -2.20. The number of nitrogens with two attached hydrogens (primary N) is 2. The van der Waals surface area contributed by atoms with Gasteiger partial charge in [0, 0.05) is 12.6 Å². The summed E-state index contributed by atoms with van der Waals surface area (Å²) in [6.45, 7) is -0.268. The van der Waals surface area contributed by atoms with Crippen LogP contribution in [0.15, 0.2) is 6.07 Å². The smallest absolute Gasteiger partial charge is 0.405 e. The Morgan fingerprint density at radius 1 is 1.50 bits per heavy atom. The van der Waals surface area contributed by atoms with Gasteiger partial charge in [-0.2, -0.15) is 5.26 Å². The molecule has 0 saturated heterocycles. The lowest BCUT2D eigenvalue weighted by molar-refractivity contribution is -0.274. The first-order chi connectivity index (χ1) is 7.37. The topological polar surface area (TPSA) is 97.9 Å². The van der Waals surface area contributed by atoms with Crippen LogP contribution >= 0.6 is 0 Å². The predicted octanol–water partition coefficient (Wildman–Crippen LogP) is 0.893. The van der Waals surface area contributed by atoms with E-state index in [1.165, 1.54) is 0 Å². The molecule has 0 aliphatic heterocycles. The molecule has 0 unspecified atom stereocenters. The molecule has 0 spiro atoms. The third-order valence-electron chi connectivity index (χ3n) is 1.66. The molecule has 0 saturated carbocycles. The molecule has 1 aromatic heterocycles. The average Bonchev–Trinajstić information content (AvgIpc) is 2.14. The van der Waals surface area contributed by atoms with Crippen LogP contribution in [-0.4, -0.2) is 11.3 Å². The number of pyridine rings is 1. The van der Waals surface area contributed by atoms with Gasteiger partial charge in [0.2, 0.25) is 0 Å². The Kier molecular flexibility index (Phi) is 3.20. The fourth-order valence-electron chi connectivity index (χ4n) is 1.05. The minimum absolute atomic E-state index is 0.0867. The Morgan fingerprint density at radius 3 is 2.56 bits per heavy atom. The molecule has 5 nitrogen and oxygen atoms in total. The van der Waals surface area contributed by atoms with Gasteiger partial charge in [0.15, 0.2) is 0 Å².